The number of hydrogen-bond acceptors (Lipinski definition) is 5. The Morgan fingerprint density at radius 2 is 1.69 bits per heavy atom. The Bertz CT molecular complexity index is 395. The minimum Gasteiger partial charge on any atom is -0.508 e. The molecule has 0 fully saturated rings. The number of thioether (sulfide) groups is 1. The van der Waals surface area contributed by atoms with E-state index in [4.69, 9.17) is 15.3 Å². The molecule has 0 spiro atoms. The highest BCUT2D eigenvalue weighted by Gasteiger charge is 2.09. The van der Waals surface area contributed by atoms with E-state index < -0.39 is 18.2 Å². The second kappa shape index (κ2) is 5.41. The Balaban J connectivity index is 2.54. The number of Topliss-reactive ketones (excluding diaryl/α,β-unsaturated/α-hetero) is 1. The van der Waals surface area contributed by atoms with Gasteiger partial charge < -0.3 is 15.3 Å². The fourth-order valence-corrected chi connectivity index (χ4v) is 1.87. The van der Waals surface area contributed by atoms with Crippen LogP contribution in [0.15, 0.2) is 23.1 Å². The molecule has 0 atom stereocenters. The van der Waals surface area contributed by atoms with Crippen LogP contribution in [0.5, 0.6) is 11.5 Å². The summed E-state index contributed by atoms with van der Waals surface area (Å²) in [5.74, 6) is -1.79. The first kappa shape index (κ1) is 12.4. The van der Waals surface area contributed by atoms with Gasteiger partial charge in [-0.3, -0.25) is 9.59 Å². The number of phenols is 2. The van der Waals surface area contributed by atoms with Gasteiger partial charge in [-0.1, -0.05) is 0 Å². The molecule has 0 aromatic heterocycles. The van der Waals surface area contributed by atoms with Crippen LogP contribution in [0.25, 0.3) is 0 Å². The van der Waals surface area contributed by atoms with E-state index in [0.29, 0.717) is 4.90 Å². The summed E-state index contributed by atoms with van der Waals surface area (Å²) < 4.78 is 0. The van der Waals surface area contributed by atoms with Gasteiger partial charge in [-0.05, 0) is 12.1 Å². The lowest BCUT2D eigenvalue weighted by molar-refractivity contribution is -0.139. The molecule has 86 valence electrons. The number of benzene rings is 1. The van der Waals surface area contributed by atoms with Gasteiger partial charge in [0, 0.05) is 11.0 Å². The molecule has 0 radical (unpaired) electrons. The maximum atomic E-state index is 11.1. The molecule has 5 nitrogen and oxygen atoms in total. The van der Waals surface area contributed by atoms with E-state index in [9.17, 15) is 9.59 Å². The van der Waals surface area contributed by atoms with Crippen LogP contribution in [0.1, 0.15) is 6.42 Å². The van der Waals surface area contributed by atoms with Crippen LogP contribution in [0.4, 0.5) is 0 Å². The van der Waals surface area contributed by atoms with Crippen LogP contribution in [0, 0.1) is 0 Å². The van der Waals surface area contributed by atoms with Gasteiger partial charge in [-0.15, -0.1) is 11.8 Å². The first-order valence-corrected chi connectivity index (χ1v) is 5.35. The Kier molecular flexibility index (Phi) is 4.19. The number of rotatable bonds is 5. The molecule has 0 heterocycles. The van der Waals surface area contributed by atoms with E-state index in [-0.39, 0.29) is 17.3 Å². The molecule has 1 aromatic rings. The van der Waals surface area contributed by atoms with Crippen molar-refractivity contribution in [3.8, 4) is 11.5 Å². The predicted octanol–water partition coefficient (Wildman–Crippen LogP) is 1.23. The predicted molar refractivity (Wildman–Crippen MR) is 57.8 cm³/mol. The Labute approximate surface area is 95.7 Å². The van der Waals surface area contributed by atoms with Crippen molar-refractivity contribution in [3.63, 3.8) is 0 Å². The van der Waals surface area contributed by atoms with Gasteiger partial charge in [0.25, 0.3) is 0 Å². The zero-order valence-electron chi connectivity index (χ0n) is 8.21. The fraction of sp³-hybridized carbons (Fsp3) is 0.200. The maximum absolute atomic E-state index is 11.1. The zero-order chi connectivity index (χ0) is 12.1. The first-order valence-electron chi connectivity index (χ1n) is 4.36. The first-order chi connectivity index (χ1) is 7.47. The smallest absolute Gasteiger partial charge is 0.310 e. The quantitative estimate of drug-likeness (QED) is 0.531. The molecule has 0 bridgehead atoms. The molecular weight excluding hydrogens is 232 g/mol. The van der Waals surface area contributed by atoms with Crippen molar-refractivity contribution in [1.82, 2.24) is 0 Å². The van der Waals surface area contributed by atoms with Gasteiger partial charge in [0.05, 0.1) is 5.75 Å². The van der Waals surface area contributed by atoms with E-state index in [0.717, 1.165) is 11.8 Å². The van der Waals surface area contributed by atoms with Crippen LogP contribution in [-0.4, -0.2) is 32.8 Å². The standard InChI is InChI=1S/C10H10O5S/c11-6-1-7(12)3-9(2-6)16-5-8(13)4-10(14)15/h1-3,11-12H,4-5H2,(H,14,15). The van der Waals surface area contributed by atoms with Crippen molar-refractivity contribution in [2.75, 3.05) is 5.75 Å². The largest absolute Gasteiger partial charge is 0.508 e. The van der Waals surface area contributed by atoms with Crippen molar-refractivity contribution in [1.29, 1.82) is 0 Å². The summed E-state index contributed by atoms with van der Waals surface area (Å²) in [6.45, 7) is 0. The Morgan fingerprint density at radius 3 is 2.19 bits per heavy atom. The highest BCUT2D eigenvalue weighted by molar-refractivity contribution is 8.00. The lowest BCUT2D eigenvalue weighted by Crippen LogP contribution is -2.08. The van der Waals surface area contributed by atoms with E-state index in [1.54, 1.807) is 0 Å². The lowest BCUT2D eigenvalue weighted by atomic mass is 10.3. The summed E-state index contributed by atoms with van der Waals surface area (Å²) in [5.41, 5.74) is 0. The number of hydrogen-bond donors (Lipinski definition) is 3. The summed E-state index contributed by atoms with van der Waals surface area (Å²) in [7, 11) is 0. The molecule has 0 saturated heterocycles. The van der Waals surface area contributed by atoms with Gasteiger partial charge in [-0.25, -0.2) is 0 Å². The number of aromatic hydroxyl groups is 2. The number of carboxylic acids is 1. The molecule has 1 rings (SSSR count). The molecule has 1 aromatic carbocycles. The van der Waals surface area contributed by atoms with Crippen LogP contribution >= 0.6 is 11.8 Å². The van der Waals surface area contributed by atoms with Crippen molar-refractivity contribution in [2.45, 2.75) is 11.3 Å². The minimum atomic E-state index is -1.16. The average molecular weight is 242 g/mol. The van der Waals surface area contributed by atoms with Crippen LogP contribution in [-0.2, 0) is 9.59 Å². The van der Waals surface area contributed by atoms with E-state index in [2.05, 4.69) is 0 Å². The number of carbonyl (C=O) groups excluding carboxylic acids is 1. The Morgan fingerprint density at radius 1 is 1.12 bits per heavy atom. The second-order valence-corrected chi connectivity index (χ2v) is 4.13. The molecule has 0 aliphatic rings. The summed E-state index contributed by atoms with van der Waals surface area (Å²) in [4.78, 5) is 21.8. The molecular formula is C10H10O5S. The molecule has 6 heteroatoms. The van der Waals surface area contributed by atoms with Crippen molar-refractivity contribution >= 4 is 23.5 Å². The summed E-state index contributed by atoms with van der Waals surface area (Å²) in [6, 6.07) is 3.94. The monoisotopic (exact) mass is 242 g/mol. The number of phenolic OH excluding ortho intramolecular Hbond substituents is 2. The van der Waals surface area contributed by atoms with E-state index in [1.807, 2.05) is 0 Å². The van der Waals surface area contributed by atoms with Gasteiger partial charge in [0.15, 0.2) is 5.78 Å². The SMILES string of the molecule is O=C(O)CC(=O)CSc1cc(O)cc(O)c1. The van der Waals surface area contributed by atoms with E-state index in [1.165, 1.54) is 18.2 Å². The van der Waals surface area contributed by atoms with Crippen molar-refractivity contribution < 1.29 is 24.9 Å². The van der Waals surface area contributed by atoms with Gasteiger partial charge in [0.2, 0.25) is 0 Å². The van der Waals surface area contributed by atoms with Crippen LogP contribution in [0.2, 0.25) is 0 Å². The summed E-state index contributed by atoms with van der Waals surface area (Å²) >= 11 is 1.07. The molecule has 16 heavy (non-hydrogen) atoms. The summed E-state index contributed by atoms with van der Waals surface area (Å²) in [5, 5.41) is 26.7. The van der Waals surface area contributed by atoms with Crippen molar-refractivity contribution in [3.05, 3.63) is 18.2 Å². The number of aliphatic carboxylic acids is 1. The van der Waals surface area contributed by atoms with Gasteiger partial charge in [0.1, 0.15) is 17.9 Å². The van der Waals surface area contributed by atoms with E-state index >= 15 is 0 Å². The average Bonchev–Trinajstić information content (AvgIpc) is 2.12. The normalized spacial score (nSPS) is 10.0. The molecule has 0 saturated carbocycles. The molecule has 0 aliphatic heterocycles. The minimum absolute atomic E-state index is 0.00477. The summed E-state index contributed by atoms with van der Waals surface area (Å²) in [6.07, 6.45) is -0.516. The topological polar surface area (TPSA) is 94.8 Å². The number of carboxylic acid groups (broad SMARTS) is 1. The third-order valence-corrected chi connectivity index (χ3v) is 2.66. The third-order valence-electron chi connectivity index (χ3n) is 1.62. The van der Waals surface area contributed by atoms with Crippen LogP contribution in [0.3, 0.4) is 0 Å². The number of carbonyl (C=O) groups is 2. The molecule has 0 unspecified atom stereocenters. The highest BCUT2D eigenvalue weighted by atomic mass is 32.2. The second-order valence-electron chi connectivity index (χ2n) is 3.08. The maximum Gasteiger partial charge on any atom is 0.310 e. The van der Waals surface area contributed by atoms with Gasteiger partial charge in [-0.2, -0.15) is 0 Å². The van der Waals surface area contributed by atoms with Crippen molar-refractivity contribution in [2.24, 2.45) is 0 Å². The lowest BCUT2D eigenvalue weighted by Gasteiger charge is -2.02. The zero-order valence-corrected chi connectivity index (χ0v) is 9.03. The highest BCUT2D eigenvalue weighted by Crippen LogP contribution is 2.27. The fourth-order valence-electron chi connectivity index (χ4n) is 1.03. The Hall–Kier alpha value is -1.69. The number of ketones is 1. The van der Waals surface area contributed by atoms with Gasteiger partial charge >= 0.3 is 5.97 Å². The van der Waals surface area contributed by atoms with Crippen LogP contribution < -0.4 is 0 Å². The molecule has 3 N–H and O–H groups in total. The molecule has 0 aliphatic carbocycles. The molecule has 0 amide bonds. The third kappa shape index (κ3) is 4.22.